The molecule has 0 saturated carbocycles. The summed E-state index contributed by atoms with van der Waals surface area (Å²) < 4.78 is 2.12. The highest BCUT2D eigenvalue weighted by atomic mass is 16.3. The molecule has 0 unspecified atom stereocenters. The highest BCUT2D eigenvalue weighted by molar-refractivity contribution is 6.11. The number of likely N-dealkylation sites (N-methyl/N-ethyl adjacent to an activating group) is 1. The first-order valence-electron chi connectivity index (χ1n) is 9.96. The Morgan fingerprint density at radius 1 is 1.24 bits per heavy atom. The summed E-state index contributed by atoms with van der Waals surface area (Å²) in [5.41, 5.74) is 13.6. The molecule has 1 aromatic carbocycles. The molecule has 2 aromatic rings. The van der Waals surface area contributed by atoms with Crippen molar-refractivity contribution in [3.63, 3.8) is 0 Å². The number of hydrogen-bond acceptors (Lipinski definition) is 4. The van der Waals surface area contributed by atoms with Gasteiger partial charge in [-0.25, -0.2) is 4.99 Å². The lowest BCUT2D eigenvalue weighted by Crippen LogP contribution is -2.20. The number of aliphatic hydroxyl groups excluding tert-OH is 1. The Hall–Kier alpha value is -2.83. The molecule has 150 valence electrons. The quantitative estimate of drug-likeness (QED) is 0.683. The van der Waals surface area contributed by atoms with Crippen LogP contribution in [0, 0.1) is 0 Å². The molecule has 0 bridgehead atoms. The SMILES string of the molecule is Bn1cccc1/C(CCN)=C1N=C(/C=C/c2ccc(N(C)CCO)cc2)C=C\1C. The van der Waals surface area contributed by atoms with Gasteiger partial charge in [0.05, 0.1) is 18.0 Å². The molecule has 3 rings (SSSR count). The maximum absolute atomic E-state index is 9.07. The molecule has 0 spiro atoms. The molecule has 5 nitrogen and oxygen atoms in total. The summed E-state index contributed by atoms with van der Waals surface area (Å²) in [6.45, 7) is 3.46. The predicted octanol–water partition coefficient (Wildman–Crippen LogP) is 2.49. The second kappa shape index (κ2) is 9.59. The zero-order valence-corrected chi connectivity index (χ0v) is 17.5. The van der Waals surface area contributed by atoms with Gasteiger partial charge in [-0.05, 0) is 73.6 Å². The molecule has 6 heteroatoms. The molecule has 29 heavy (non-hydrogen) atoms. The Morgan fingerprint density at radius 3 is 2.62 bits per heavy atom. The summed E-state index contributed by atoms with van der Waals surface area (Å²) in [5, 5.41) is 9.07. The minimum Gasteiger partial charge on any atom is -0.399 e. The van der Waals surface area contributed by atoms with E-state index in [2.05, 4.69) is 53.9 Å². The maximum atomic E-state index is 9.07. The number of rotatable bonds is 8. The van der Waals surface area contributed by atoms with Gasteiger partial charge in [0.25, 0.3) is 0 Å². The molecule has 0 saturated heterocycles. The lowest BCUT2D eigenvalue weighted by molar-refractivity contribution is 0.304. The van der Waals surface area contributed by atoms with Crippen molar-refractivity contribution in [2.75, 3.05) is 31.6 Å². The van der Waals surface area contributed by atoms with Crippen LogP contribution in [0.2, 0.25) is 0 Å². The molecule has 0 amide bonds. The smallest absolute Gasteiger partial charge is 0.223 e. The topological polar surface area (TPSA) is 66.8 Å². The van der Waals surface area contributed by atoms with Gasteiger partial charge in [-0.3, -0.25) is 0 Å². The third kappa shape index (κ3) is 4.97. The molecule has 0 fully saturated rings. The zero-order valence-electron chi connectivity index (χ0n) is 17.5. The van der Waals surface area contributed by atoms with E-state index in [-0.39, 0.29) is 6.61 Å². The standard InChI is InChI=1S/C23H29BN4O/c1-17-16-19(8-5-18-6-9-20(10-7-18)27(2)14-15-29)26-23(17)21(11-12-25)22-4-3-13-28(22)24/h3-10,13,16,29H,11-12,14-15,24-25H2,1-2H3/b8-5+,23-21-. The molecule has 1 aromatic heterocycles. The van der Waals surface area contributed by atoms with Crippen molar-refractivity contribution >= 4 is 31.0 Å². The minimum atomic E-state index is 0.147. The maximum Gasteiger partial charge on any atom is 0.223 e. The first-order chi connectivity index (χ1) is 14.0. The Bertz CT molecular complexity index is 967. The number of benzene rings is 1. The minimum absolute atomic E-state index is 0.147. The number of allylic oxidation sites excluding steroid dienone is 3. The normalized spacial score (nSPS) is 15.6. The highest BCUT2D eigenvalue weighted by Gasteiger charge is 2.16. The van der Waals surface area contributed by atoms with Crippen LogP contribution in [0.5, 0.6) is 0 Å². The van der Waals surface area contributed by atoms with Crippen LogP contribution < -0.4 is 10.6 Å². The number of anilines is 1. The summed E-state index contributed by atoms with van der Waals surface area (Å²) in [6, 6.07) is 12.4. The van der Waals surface area contributed by atoms with Crippen molar-refractivity contribution in [3.8, 4) is 0 Å². The van der Waals surface area contributed by atoms with Gasteiger partial charge in [0.15, 0.2) is 0 Å². The number of nitrogens with zero attached hydrogens (tertiary/aromatic N) is 3. The second-order valence-electron chi connectivity index (χ2n) is 7.30. The fraction of sp³-hybridized carbons (Fsp3) is 0.261. The van der Waals surface area contributed by atoms with Crippen LogP contribution in [0.15, 0.2) is 71.0 Å². The Labute approximate surface area is 174 Å². The van der Waals surface area contributed by atoms with Gasteiger partial charge in [0, 0.05) is 30.5 Å². The Balaban J connectivity index is 1.82. The van der Waals surface area contributed by atoms with E-state index >= 15 is 0 Å². The van der Waals surface area contributed by atoms with Crippen LogP contribution in [0.1, 0.15) is 24.6 Å². The van der Waals surface area contributed by atoms with Gasteiger partial charge in [-0.15, -0.1) is 0 Å². The number of aliphatic imine (C=N–C) groups is 1. The van der Waals surface area contributed by atoms with Crippen molar-refractivity contribution in [1.82, 2.24) is 4.48 Å². The molecule has 0 aliphatic carbocycles. The molecule has 0 atom stereocenters. The average molecular weight is 388 g/mol. The van der Waals surface area contributed by atoms with E-state index in [1.165, 1.54) is 5.57 Å². The third-order valence-corrected chi connectivity index (χ3v) is 5.13. The van der Waals surface area contributed by atoms with Gasteiger partial charge in [0.1, 0.15) is 0 Å². The monoisotopic (exact) mass is 388 g/mol. The summed E-state index contributed by atoms with van der Waals surface area (Å²) in [6.07, 6.45) is 9.09. The van der Waals surface area contributed by atoms with Gasteiger partial charge in [-0.1, -0.05) is 18.2 Å². The Kier molecular flexibility index (Phi) is 6.91. The lowest BCUT2D eigenvalue weighted by Gasteiger charge is -2.17. The first-order valence-corrected chi connectivity index (χ1v) is 9.96. The van der Waals surface area contributed by atoms with Crippen molar-refractivity contribution in [2.45, 2.75) is 13.3 Å². The lowest BCUT2D eigenvalue weighted by atomic mass is 10.0. The molecule has 1 aliphatic heterocycles. The van der Waals surface area contributed by atoms with E-state index in [0.29, 0.717) is 13.1 Å². The largest absolute Gasteiger partial charge is 0.399 e. The molecular weight excluding hydrogens is 359 g/mol. The molecule has 3 N–H and O–H groups in total. The molecule has 1 aliphatic rings. The Morgan fingerprint density at radius 2 is 2.00 bits per heavy atom. The summed E-state index contributed by atoms with van der Waals surface area (Å²) in [4.78, 5) is 6.91. The van der Waals surface area contributed by atoms with Gasteiger partial charge >= 0.3 is 0 Å². The van der Waals surface area contributed by atoms with E-state index < -0.39 is 0 Å². The van der Waals surface area contributed by atoms with Crippen molar-refractivity contribution in [3.05, 3.63) is 77.3 Å². The fourth-order valence-electron chi connectivity index (χ4n) is 3.52. The van der Waals surface area contributed by atoms with Crippen LogP contribution in [-0.2, 0) is 0 Å². The summed E-state index contributed by atoms with van der Waals surface area (Å²) in [5.74, 6) is 0. The average Bonchev–Trinajstić information content (AvgIpc) is 3.30. The molecular formula is C23H29BN4O. The van der Waals surface area contributed by atoms with E-state index in [1.54, 1.807) is 0 Å². The van der Waals surface area contributed by atoms with Crippen LogP contribution in [0.25, 0.3) is 11.6 Å². The number of aliphatic hydroxyl groups is 1. The van der Waals surface area contributed by atoms with Crippen LogP contribution in [-0.4, -0.2) is 50.0 Å². The number of nitrogens with two attached hydrogens (primary N) is 1. The zero-order chi connectivity index (χ0) is 20.8. The van der Waals surface area contributed by atoms with Crippen LogP contribution in [0.3, 0.4) is 0 Å². The molecule has 2 heterocycles. The van der Waals surface area contributed by atoms with Crippen LogP contribution in [0.4, 0.5) is 5.69 Å². The number of hydrogen-bond donors (Lipinski definition) is 2. The van der Waals surface area contributed by atoms with Gasteiger partial charge < -0.3 is 20.2 Å². The summed E-state index contributed by atoms with van der Waals surface area (Å²) >= 11 is 0. The fourth-order valence-corrected chi connectivity index (χ4v) is 3.52. The van der Waals surface area contributed by atoms with E-state index in [0.717, 1.165) is 40.3 Å². The van der Waals surface area contributed by atoms with Crippen molar-refractivity contribution in [2.24, 2.45) is 10.7 Å². The second-order valence-corrected chi connectivity index (χ2v) is 7.30. The van der Waals surface area contributed by atoms with Crippen LogP contribution >= 0.6 is 0 Å². The van der Waals surface area contributed by atoms with E-state index in [9.17, 15) is 0 Å². The van der Waals surface area contributed by atoms with Crippen molar-refractivity contribution < 1.29 is 5.11 Å². The number of aromatic nitrogens is 1. The highest BCUT2D eigenvalue weighted by Crippen LogP contribution is 2.31. The van der Waals surface area contributed by atoms with Crippen molar-refractivity contribution in [1.29, 1.82) is 0 Å². The van der Waals surface area contributed by atoms with Gasteiger partial charge in [-0.2, -0.15) is 0 Å². The van der Waals surface area contributed by atoms with E-state index in [1.807, 2.05) is 38.3 Å². The summed E-state index contributed by atoms with van der Waals surface area (Å²) in [7, 11) is 4.02. The first kappa shape index (κ1) is 20.9. The third-order valence-electron chi connectivity index (χ3n) is 5.13. The van der Waals surface area contributed by atoms with Gasteiger partial charge in [0.2, 0.25) is 7.98 Å². The molecule has 0 radical (unpaired) electrons. The van der Waals surface area contributed by atoms with E-state index in [4.69, 9.17) is 15.8 Å². The predicted molar refractivity (Wildman–Crippen MR) is 126 cm³/mol.